The average molecular weight is 194 g/mol. The minimum Gasteiger partial charge on any atom is -0.371 e. The summed E-state index contributed by atoms with van der Waals surface area (Å²) in [5, 5.41) is 10.0. The lowest BCUT2D eigenvalue weighted by Gasteiger charge is -2.43. The number of methoxy groups -OCH3 is 1. The van der Waals surface area contributed by atoms with Gasteiger partial charge in [0, 0.05) is 13.5 Å². The smallest absolute Gasteiger partial charge is 0.176 e. The highest BCUT2D eigenvalue weighted by Gasteiger charge is 2.49. The van der Waals surface area contributed by atoms with E-state index in [1.807, 2.05) is 13.0 Å². The molecule has 0 aromatic heterocycles. The SMILES string of the molecule is CCCCC#C[C@@]1(O)C=C[C@]1(C)OC. The van der Waals surface area contributed by atoms with Crippen molar-refractivity contribution >= 4 is 0 Å². The van der Waals surface area contributed by atoms with Gasteiger partial charge in [-0.15, -0.1) is 0 Å². The van der Waals surface area contributed by atoms with E-state index < -0.39 is 11.2 Å². The Balaban J connectivity index is 2.59. The molecular formula is C12H18O2. The highest BCUT2D eigenvalue weighted by molar-refractivity contribution is 5.41. The first-order valence-electron chi connectivity index (χ1n) is 5.06. The lowest BCUT2D eigenvalue weighted by atomic mass is 9.74. The summed E-state index contributed by atoms with van der Waals surface area (Å²) in [5.41, 5.74) is -1.72. The van der Waals surface area contributed by atoms with Gasteiger partial charge in [0.05, 0.1) is 0 Å². The van der Waals surface area contributed by atoms with Crippen LogP contribution in [0.5, 0.6) is 0 Å². The molecule has 78 valence electrons. The maximum atomic E-state index is 10.0. The summed E-state index contributed by atoms with van der Waals surface area (Å²) in [6, 6.07) is 0. The normalized spacial score (nSPS) is 34.6. The van der Waals surface area contributed by atoms with Gasteiger partial charge in [-0.25, -0.2) is 0 Å². The fourth-order valence-corrected chi connectivity index (χ4v) is 1.33. The Kier molecular flexibility index (Phi) is 3.36. The Hall–Kier alpha value is -0.780. The van der Waals surface area contributed by atoms with Gasteiger partial charge in [-0.3, -0.25) is 0 Å². The van der Waals surface area contributed by atoms with Crippen molar-refractivity contribution in [2.45, 2.75) is 44.3 Å². The van der Waals surface area contributed by atoms with E-state index in [0.717, 1.165) is 19.3 Å². The number of unbranched alkanes of at least 4 members (excludes halogenated alkanes) is 2. The summed E-state index contributed by atoms with van der Waals surface area (Å²) < 4.78 is 5.21. The van der Waals surface area contributed by atoms with Crippen molar-refractivity contribution in [3.05, 3.63) is 12.2 Å². The molecule has 0 unspecified atom stereocenters. The largest absolute Gasteiger partial charge is 0.371 e. The zero-order valence-corrected chi connectivity index (χ0v) is 9.13. The Morgan fingerprint density at radius 1 is 1.43 bits per heavy atom. The number of hydrogen-bond donors (Lipinski definition) is 1. The van der Waals surface area contributed by atoms with E-state index in [4.69, 9.17) is 4.74 Å². The van der Waals surface area contributed by atoms with Crippen molar-refractivity contribution in [3.63, 3.8) is 0 Å². The predicted octanol–water partition coefficient (Wildman–Crippen LogP) is 1.89. The lowest BCUT2D eigenvalue weighted by Crippen LogP contribution is -2.56. The average Bonchev–Trinajstić information content (AvgIpc) is 2.21. The van der Waals surface area contributed by atoms with Crippen LogP contribution in [0, 0.1) is 11.8 Å². The fraction of sp³-hybridized carbons (Fsp3) is 0.667. The third kappa shape index (κ3) is 1.84. The molecule has 0 spiro atoms. The molecule has 1 aliphatic rings. The van der Waals surface area contributed by atoms with Gasteiger partial charge >= 0.3 is 0 Å². The summed E-state index contributed by atoms with van der Waals surface area (Å²) in [7, 11) is 1.59. The van der Waals surface area contributed by atoms with Crippen molar-refractivity contribution in [3.8, 4) is 11.8 Å². The van der Waals surface area contributed by atoms with Crippen molar-refractivity contribution in [1.29, 1.82) is 0 Å². The molecule has 0 radical (unpaired) electrons. The first-order chi connectivity index (χ1) is 6.58. The molecule has 2 atom stereocenters. The van der Waals surface area contributed by atoms with E-state index in [0.29, 0.717) is 0 Å². The molecule has 1 N–H and O–H groups in total. The van der Waals surface area contributed by atoms with Gasteiger partial charge in [-0.05, 0) is 25.5 Å². The van der Waals surface area contributed by atoms with Crippen LogP contribution in [0.25, 0.3) is 0 Å². The first kappa shape index (κ1) is 11.3. The van der Waals surface area contributed by atoms with Crippen molar-refractivity contribution in [1.82, 2.24) is 0 Å². The van der Waals surface area contributed by atoms with Gasteiger partial charge < -0.3 is 9.84 Å². The maximum Gasteiger partial charge on any atom is 0.176 e. The molecule has 2 nitrogen and oxygen atoms in total. The van der Waals surface area contributed by atoms with Gasteiger partial charge in [0.2, 0.25) is 0 Å². The van der Waals surface area contributed by atoms with Gasteiger partial charge in [-0.1, -0.05) is 25.2 Å². The molecule has 0 heterocycles. The summed E-state index contributed by atoms with van der Waals surface area (Å²) in [5.74, 6) is 5.85. The molecular weight excluding hydrogens is 176 g/mol. The Labute approximate surface area is 86.0 Å². The molecule has 0 aromatic rings. The zero-order chi connectivity index (χ0) is 10.7. The van der Waals surface area contributed by atoms with Crippen molar-refractivity contribution in [2.75, 3.05) is 7.11 Å². The monoisotopic (exact) mass is 194 g/mol. The van der Waals surface area contributed by atoms with Gasteiger partial charge in [-0.2, -0.15) is 0 Å². The van der Waals surface area contributed by atoms with Gasteiger partial charge in [0.25, 0.3) is 0 Å². The lowest BCUT2D eigenvalue weighted by molar-refractivity contribution is -0.0919. The summed E-state index contributed by atoms with van der Waals surface area (Å²) in [6.45, 7) is 3.96. The second-order valence-corrected chi connectivity index (χ2v) is 3.82. The van der Waals surface area contributed by atoms with Crippen LogP contribution >= 0.6 is 0 Å². The summed E-state index contributed by atoms with van der Waals surface area (Å²) >= 11 is 0. The zero-order valence-electron chi connectivity index (χ0n) is 9.13. The molecule has 2 heteroatoms. The number of hydrogen-bond acceptors (Lipinski definition) is 2. The third-order valence-corrected chi connectivity index (χ3v) is 2.76. The van der Waals surface area contributed by atoms with Crippen LogP contribution < -0.4 is 0 Å². The standard InChI is InChI=1S/C12H18O2/c1-4-5-6-7-8-12(13)10-9-11(12,2)14-3/h9-10,13H,4-6H2,1-3H3/t11-,12+/m0/s1. The van der Waals surface area contributed by atoms with Crippen LogP contribution in [0.3, 0.4) is 0 Å². The number of rotatable bonds is 3. The Morgan fingerprint density at radius 2 is 2.14 bits per heavy atom. The quantitative estimate of drug-likeness (QED) is 0.422. The van der Waals surface area contributed by atoms with Gasteiger partial charge in [0.1, 0.15) is 5.60 Å². The van der Waals surface area contributed by atoms with Crippen LogP contribution in [-0.4, -0.2) is 23.4 Å². The van der Waals surface area contributed by atoms with Crippen LogP contribution in [-0.2, 0) is 4.74 Å². The third-order valence-electron chi connectivity index (χ3n) is 2.76. The maximum absolute atomic E-state index is 10.0. The minimum absolute atomic E-state index is 0.633. The predicted molar refractivity (Wildman–Crippen MR) is 56.8 cm³/mol. The van der Waals surface area contributed by atoms with Crippen LogP contribution in [0.1, 0.15) is 33.1 Å². The Bertz CT molecular complexity index is 284. The fourth-order valence-electron chi connectivity index (χ4n) is 1.33. The molecule has 0 bridgehead atoms. The van der Waals surface area contributed by atoms with Gasteiger partial charge in [0.15, 0.2) is 5.60 Å². The second-order valence-electron chi connectivity index (χ2n) is 3.82. The minimum atomic E-state index is -1.09. The first-order valence-corrected chi connectivity index (χ1v) is 5.06. The van der Waals surface area contributed by atoms with Crippen LogP contribution in [0.4, 0.5) is 0 Å². The molecule has 1 aliphatic carbocycles. The summed E-state index contributed by atoms with van der Waals surface area (Å²) in [4.78, 5) is 0. The molecule has 0 aliphatic heterocycles. The van der Waals surface area contributed by atoms with E-state index in [1.54, 1.807) is 13.2 Å². The van der Waals surface area contributed by atoms with E-state index in [2.05, 4.69) is 18.8 Å². The highest BCUT2D eigenvalue weighted by Crippen LogP contribution is 2.36. The molecule has 0 fully saturated rings. The number of ether oxygens (including phenoxy) is 1. The van der Waals surface area contributed by atoms with E-state index >= 15 is 0 Å². The molecule has 1 rings (SSSR count). The van der Waals surface area contributed by atoms with E-state index in [1.165, 1.54) is 0 Å². The molecule has 0 aromatic carbocycles. The van der Waals surface area contributed by atoms with Crippen LogP contribution in [0.15, 0.2) is 12.2 Å². The molecule has 0 saturated heterocycles. The van der Waals surface area contributed by atoms with E-state index in [9.17, 15) is 5.11 Å². The van der Waals surface area contributed by atoms with Crippen molar-refractivity contribution < 1.29 is 9.84 Å². The highest BCUT2D eigenvalue weighted by atomic mass is 16.5. The molecule has 0 amide bonds. The molecule has 0 saturated carbocycles. The summed E-state index contributed by atoms with van der Waals surface area (Å²) in [6.07, 6.45) is 6.57. The van der Waals surface area contributed by atoms with E-state index in [-0.39, 0.29) is 0 Å². The second kappa shape index (κ2) is 4.16. The Morgan fingerprint density at radius 3 is 2.57 bits per heavy atom. The number of aliphatic hydroxyl groups is 1. The topological polar surface area (TPSA) is 29.5 Å². The molecule has 14 heavy (non-hydrogen) atoms. The van der Waals surface area contributed by atoms with Crippen LogP contribution in [0.2, 0.25) is 0 Å². The van der Waals surface area contributed by atoms with Crippen molar-refractivity contribution in [2.24, 2.45) is 0 Å².